The maximum Gasteiger partial charge on any atom is 0.319 e. The highest BCUT2D eigenvalue weighted by molar-refractivity contribution is 7.10. The number of nitrogens with one attached hydrogen (secondary N) is 2. The number of hydrogen-bond acceptors (Lipinski definition) is 3. The average molecular weight is 384 g/mol. The second kappa shape index (κ2) is 8.21. The van der Waals surface area contributed by atoms with E-state index in [4.69, 9.17) is 23.2 Å². The largest absolute Gasteiger partial charge is 0.336 e. The first kappa shape index (κ1) is 17.5. The van der Waals surface area contributed by atoms with Crippen molar-refractivity contribution in [1.82, 2.24) is 10.2 Å². The zero-order chi connectivity index (χ0) is 16.9. The minimum Gasteiger partial charge on any atom is -0.336 e. The van der Waals surface area contributed by atoms with E-state index in [1.54, 1.807) is 29.5 Å². The summed E-state index contributed by atoms with van der Waals surface area (Å²) < 4.78 is 0. The van der Waals surface area contributed by atoms with Gasteiger partial charge in [0.25, 0.3) is 0 Å². The Morgan fingerprint density at radius 2 is 2.04 bits per heavy atom. The van der Waals surface area contributed by atoms with Crippen LogP contribution >= 0.6 is 34.5 Å². The molecule has 0 radical (unpaired) electrons. The van der Waals surface area contributed by atoms with Crippen LogP contribution in [-0.4, -0.2) is 30.6 Å². The number of thiophene rings is 1. The zero-order valence-corrected chi connectivity index (χ0v) is 15.4. The van der Waals surface area contributed by atoms with Crippen LogP contribution in [-0.2, 0) is 0 Å². The molecule has 1 atom stereocenters. The Hall–Kier alpha value is -1.27. The van der Waals surface area contributed by atoms with Gasteiger partial charge in [0, 0.05) is 16.4 Å². The first-order chi connectivity index (χ1) is 11.6. The van der Waals surface area contributed by atoms with Crippen molar-refractivity contribution >= 4 is 46.3 Å². The van der Waals surface area contributed by atoms with E-state index in [0.29, 0.717) is 22.3 Å². The van der Waals surface area contributed by atoms with E-state index in [0.717, 1.165) is 13.1 Å². The highest BCUT2D eigenvalue weighted by Gasteiger charge is 2.24. The molecule has 1 saturated heterocycles. The second-order valence-electron chi connectivity index (χ2n) is 5.73. The Labute approximate surface area is 155 Å². The van der Waals surface area contributed by atoms with Crippen LogP contribution in [0.3, 0.4) is 0 Å². The molecule has 0 aliphatic carbocycles. The molecule has 1 aliphatic heterocycles. The average Bonchev–Trinajstić information content (AvgIpc) is 3.24. The maximum absolute atomic E-state index is 12.2. The molecule has 2 aromatic rings. The summed E-state index contributed by atoms with van der Waals surface area (Å²) in [5.41, 5.74) is 0.549. The lowest BCUT2D eigenvalue weighted by atomic mass is 10.2. The lowest BCUT2D eigenvalue weighted by Crippen LogP contribution is -2.38. The van der Waals surface area contributed by atoms with Crippen molar-refractivity contribution in [3.63, 3.8) is 0 Å². The molecule has 2 N–H and O–H groups in total. The molecule has 0 bridgehead atoms. The van der Waals surface area contributed by atoms with Crippen LogP contribution in [0.15, 0.2) is 35.7 Å². The van der Waals surface area contributed by atoms with Crippen molar-refractivity contribution < 1.29 is 4.79 Å². The predicted molar refractivity (Wildman–Crippen MR) is 101 cm³/mol. The Morgan fingerprint density at radius 3 is 2.71 bits per heavy atom. The van der Waals surface area contributed by atoms with Crippen LogP contribution in [0, 0.1) is 0 Å². The predicted octanol–water partition coefficient (Wildman–Crippen LogP) is 5.01. The van der Waals surface area contributed by atoms with Gasteiger partial charge in [-0.25, -0.2) is 4.79 Å². The van der Waals surface area contributed by atoms with Gasteiger partial charge in [0.2, 0.25) is 0 Å². The van der Waals surface area contributed by atoms with E-state index >= 15 is 0 Å². The van der Waals surface area contributed by atoms with Crippen LogP contribution in [0.1, 0.15) is 23.8 Å². The summed E-state index contributed by atoms with van der Waals surface area (Å²) in [4.78, 5) is 15.9. The lowest BCUT2D eigenvalue weighted by Gasteiger charge is -2.27. The van der Waals surface area contributed by atoms with Crippen molar-refractivity contribution in [2.45, 2.75) is 18.9 Å². The van der Waals surface area contributed by atoms with Gasteiger partial charge in [-0.2, -0.15) is 0 Å². The van der Waals surface area contributed by atoms with Gasteiger partial charge in [0.05, 0.1) is 16.8 Å². The topological polar surface area (TPSA) is 44.4 Å². The second-order valence-corrected chi connectivity index (χ2v) is 7.56. The van der Waals surface area contributed by atoms with Gasteiger partial charge < -0.3 is 10.6 Å². The van der Waals surface area contributed by atoms with Gasteiger partial charge in [-0.05, 0) is 55.6 Å². The number of likely N-dealkylation sites (tertiary alicyclic amines) is 1. The summed E-state index contributed by atoms with van der Waals surface area (Å²) >= 11 is 13.7. The standard InChI is InChI=1S/C17H19Cl2N3OS/c18-12-5-6-14(13(19)10-12)21-17(23)20-11-15(16-4-3-9-24-16)22-7-1-2-8-22/h3-6,9-10,15H,1-2,7-8,11H2,(H2,20,21,23). The van der Waals surface area contributed by atoms with Crippen molar-refractivity contribution in [3.8, 4) is 0 Å². The third-order valence-electron chi connectivity index (χ3n) is 4.09. The number of carbonyl (C=O) groups is 1. The van der Waals surface area contributed by atoms with Crippen molar-refractivity contribution in [2.24, 2.45) is 0 Å². The molecule has 7 heteroatoms. The fraction of sp³-hybridized carbons (Fsp3) is 0.353. The molecule has 1 aromatic heterocycles. The van der Waals surface area contributed by atoms with E-state index in [9.17, 15) is 4.79 Å². The fourth-order valence-corrected chi connectivity index (χ4v) is 4.21. The Morgan fingerprint density at radius 1 is 1.25 bits per heavy atom. The van der Waals surface area contributed by atoms with Crippen molar-refractivity contribution in [2.75, 3.05) is 25.0 Å². The van der Waals surface area contributed by atoms with Crippen molar-refractivity contribution in [1.29, 1.82) is 0 Å². The normalized spacial score (nSPS) is 16.1. The van der Waals surface area contributed by atoms with Crippen LogP contribution in [0.4, 0.5) is 10.5 Å². The molecule has 4 nitrogen and oxygen atoms in total. The highest BCUT2D eigenvalue weighted by Crippen LogP contribution is 2.28. The van der Waals surface area contributed by atoms with Crippen LogP contribution < -0.4 is 10.6 Å². The fourth-order valence-electron chi connectivity index (χ4n) is 2.89. The number of rotatable bonds is 5. The molecule has 2 heterocycles. The lowest BCUT2D eigenvalue weighted by molar-refractivity contribution is 0.229. The summed E-state index contributed by atoms with van der Waals surface area (Å²) in [6, 6.07) is 9.14. The molecule has 1 aliphatic rings. The van der Waals surface area contributed by atoms with E-state index < -0.39 is 0 Å². The highest BCUT2D eigenvalue weighted by atomic mass is 35.5. The molecule has 2 amide bonds. The maximum atomic E-state index is 12.2. The molecule has 1 unspecified atom stereocenters. The van der Waals surface area contributed by atoms with Crippen molar-refractivity contribution in [3.05, 3.63) is 50.6 Å². The summed E-state index contributed by atoms with van der Waals surface area (Å²) in [7, 11) is 0. The van der Waals surface area contributed by atoms with Gasteiger partial charge in [0.1, 0.15) is 0 Å². The Bertz CT molecular complexity index is 687. The quantitative estimate of drug-likeness (QED) is 0.761. The molecular weight excluding hydrogens is 365 g/mol. The number of benzene rings is 1. The van der Waals surface area contributed by atoms with Gasteiger partial charge in [-0.3, -0.25) is 4.90 Å². The van der Waals surface area contributed by atoms with Gasteiger partial charge in [-0.1, -0.05) is 29.3 Å². The number of amides is 2. The summed E-state index contributed by atoms with van der Waals surface area (Å²) in [5.74, 6) is 0. The molecule has 1 fully saturated rings. The van der Waals surface area contributed by atoms with E-state index in [1.807, 2.05) is 0 Å². The molecule has 1 aromatic carbocycles. The SMILES string of the molecule is O=C(NCC(c1cccs1)N1CCCC1)Nc1ccc(Cl)cc1Cl. The van der Waals surface area contributed by atoms with Crippen LogP contribution in [0.5, 0.6) is 0 Å². The summed E-state index contributed by atoms with van der Waals surface area (Å²) in [6.45, 7) is 2.72. The molecule has 0 spiro atoms. The van der Waals surface area contributed by atoms with Crippen LogP contribution in [0.25, 0.3) is 0 Å². The number of nitrogens with zero attached hydrogens (tertiary/aromatic N) is 1. The molecule has 3 rings (SSSR count). The molecule has 24 heavy (non-hydrogen) atoms. The first-order valence-electron chi connectivity index (χ1n) is 7.91. The number of anilines is 1. The van der Waals surface area contributed by atoms with Gasteiger partial charge in [-0.15, -0.1) is 11.3 Å². The smallest absolute Gasteiger partial charge is 0.319 e. The molecule has 128 valence electrons. The first-order valence-corrected chi connectivity index (χ1v) is 9.54. The summed E-state index contributed by atoms with van der Waals surface area (Å²) in [5, 5.41) is 8.77. The number of halogens is 2. The molecule has 0 saturated carbocycles. The van der Waals surface area contributed by atoms with Crippen LogP contribution in [0.2, 0.25) is 10.0 Å². The van der Waals surface area contributed by atoms with Gasteiger partial charge >= 0.3 is 6.03 Å². The third kappa shape index (κ3) is 4.42. The minimum absolute atomic E-state index is 0.221. The number of urea groups is 1. The monoisotopic (exact) mass is 383 g/mol. The Balaban J connectivity index is 1.60. The van der Waals surface area contributed by atoms with E-state index in [1.165, 1.54) is 17.7 Å². The van der Waals surface area contributed by atoms with Gasteiger partial charge in [0.15, 0.2) is 0 Å². The number of carbonyl (C=O) groups excluding carboxylic acids is 1. The third-order valence-corrected chi connectivity index (χ3v) is 5.61. The molecular formula is C17H19Cl2N3OS. The number of hydrogen-bond donors (Lipinski definition) is 2. The minimum atomic E-state index is -0.264. The Kier molecular flexibility index (Phi) is 6.00. The van der Waals surface area contributed by atoms with E-state index in [2.05, 4.69) is 33.0 Å². The zero-order valence-electron chi connectivity index (χ0n) is 13.1. The summed E-state index contributed by atoms with van der Waals surface area (Å²) in [6.07, 6.45) is 2.43. The van der Waals surface area contributed by atoms with E-state index in [-0.39, 0.29) is 12.1 Å².